The quantitative estimate of drug-likeness (QED) is 0.921. The van der Waals surface area contributed by atoms with Crippen LogP contribution < -0.4 is 5.32 Å². The first kappa shape index (κ1) is 14.3. The second-order valence-corrected chi connectivity index (χ2v) is 5.97. The zero-order valence-electron chi connectivity index (χ0n) is 12.3. The van der Waals surface area contributed by atoms with Crippen molar-refractivity contribution in [3.8, 4) is 0 Å². The Morgan fingerprint density at radius 3 is 2.86 bits per heavy atom. The largest absolute Gasteiger partial charge is 0.408 e. The van der Waals surface area contributed by atoms with Crippen LogP contribution in [0.4, 0.5) is 10.4 Å². The molecule has 1 saturated carbocycles. The molecule has 1 aliphatic carbocycles. The van der Waals surface area contributed by atoms with Crippen molar-refractivity contribution in [2.75, 3.05) is 18.4 Å². The second kappa shape index (κ2) is 5.61. The molecule has 116 valence electrons. The predicted octanol–water partition coefficient (Wildman–Crippen LogP) is 2.06. The smallest absolute Gasteiger partial charge is 0.315 e. The summed E-state index contributed by atoms with van der Waals surface area (Å²) >= 11 is 0. The highest BCUT2D eigenvalue weighted by Gasteiger charge is 2.46. The number of aromatic nitrogens is 2. The molecular formula is C14H21FN4O2. The summed E-state index contributed by atoms with van der Waals surface area (Å²) in [6, 6.07) is 0.348. The Hall–Kier alpha value is -1.66. The maximum Gasteiger partial charge on any atom is 0.315 e. The number of hydrogen-bond donors (Lipinski definition) is 1. The average Bonchev–Trinajstić information content (AvgIpc) is 3.17. The van der Waals surface area contributed by atoms with Gasteiger partial charge in [0, 0.05) is 26.1 Å². The topological polar surface area (TPSA) is 71.3 Å². The van der Waals surface area contributed by atoms with Gasteiger partial charge < -0.3 is 14.6 Å². The Labute approximate surface area is 123 Å². The Balaban J connectivity index is 1.61. The molecule has 0 aromatic carbocycles. The fourth-order valence-electron chi connectivity index (χ4n) is 3.30. The molecule has 2 aliphatic rings. The molecule has 0 bridgehead atoms. The van der Waals surface area contributed by atoms with Gasteiger partial charge in [0.15, 0.2) is 5.67 Å². The Morgan fingerprint density at radius 1 is 1.43 bits per heavy atom. The minimum atomic E-state index is -1.64. The Kier molecular flexibility index (Phi) is 3.82. The van der Waals surface area contributed by atoms with E-state index in [1.807, 2.05) is 0 Å². The van der Waals surface area contributed by atoms with E-state index in [2.05, 4.69) is 15.5 Å². The lowest BCUT2D eigenvalue weighted by molar-refractivity contribution is -0.144. The van der Waals surface area contributed by atoms with E-state index < -0.39 is 5.67 Å². The highest BCUT2D eigenvalue weighted by molar-refractivity contribution is 5.86. The molecule has 0 radical (unpaired) electrons. The van der Waals surface area contributed by atoms with Gasteiger partial charge in [-0.2, -0.15) is 0 Å². The number of alkyl halides is 1. The van der Waals surface area contributed by atoms with E-state index in [0.29, 0.717) is 37.8 Å². The standard InChI is InChI=1S/C14H21FN4O2/c1-10-17-18-13(21-10)16-9-11-5-4-8-19(11)12(20)14(15)6-2-3-7-14/h11H,2-9H2,1H3,(H,16,18)/t11-/m1/s1. The van der Waals surface area contributed by atoms with Crippen molar-refractivity contribution in [3.05, 3.63) is 5.89 Å². The fourth-order valence-corrected chi connectivity index (χ4v) is 3.30. The number of nitrogens with zero attached hydrogens (tertiary/aromatic N) is 3. The van der Waals surface area contributed by atoms with Crippen molar-refractivity contribution >= 4 is 11.9 Å². The molecule has 1 aliphatic heterocycles. The molecule has 3 rings (SSSR count). The molecular weight excluding hydrogens is 275 g/mol. The molecule has 1 atom stereocenters. The summed E-state index contributed by atoms with van der Waals surface area (Å²) in [5, 5.41) is 10.6. The lowest BCUT2D eigenvalue weighted by atomic mass is 10.0. The van der Waals surface area contributed by atoms with Gasteiger partial charge in [-0.1, -0.05) is 5.10 Å². The minimum absolute atomic E-state index is 0.00192. The van der Waals surface area contributed by atoms with Crippen LogP contribution in [0.5, 0.6) is 0 Å². The van der Waals surface area contributed by atoms with Crippen molar-refractivity contribution in [3.63, 3.8) is 0 Å². The van der Waals surface area contributed by atoms with Crippen LogP contribution in [0.15, 0.2) is 4.42 Å². The number of likely N-dealkylation sites (tertiary alicyclic amines) is 1. The van der Waals surface area contributed by atoms with Crippen LogP contribution in [0.2, 0.25) is 0 Å². The maximum absolute atomic E-state index is 14.6. The van der Waals surface area contributed by atoms with Crippen LogP contribution in [-0.4, -0.2) is 45.8 Å². The van der Waals surface area contributed by atoms with Gasteiger partial charge in [0.05, 0.1) is 0 Å². The number of nitrogens with one attached hydrogen (secondary N) is 1. The van der Waals surface area contributed by atoms with Gasteiger partial charge in [-0.15, -0.1) is 5.10 Å². The Morgan fingerprint density at radius 2 is 2.19 bits per heavy atom. The van der Waals surface area contributed by atoms with Crippen LogP contribution >= 0.6 is 0 Å². The number of rotatable bonds is 4. The zero-order valence-corrected chi connectivity index (χ0v) is 12.3. The van der Waals surface area contributed by atoms with Gasteiger partial charge in [-0.05, 0) is 38.5 Å². The molecule has 1 amide bonds. The third-order valence-corrected chi connectivity index (χ3v) is 4.43. The maximum atomic E-state index is 14.6. The zero-order chi connectivity index (χ0) is 14.9. The summed E-state index contributed by atoms with van der Waals surface area (Å²) in [5.74, 6) is 0.163. The van der Waals surface area contributed by atoms with Crippen molar-refractivity contribution in [2.24, 2.45) is 0 Å². The lowest BCUT2D eigenvalue weighted by Crippen LogP contribution is -2.48. The number of amides is 1. The van der Waals surface area contributed by atoms with Gasteiger partial charge in [-0.3, -0.25) is 4.79 Å². The second-order valence-electron chi connectivity index (χ2n) is 5.97. The minimum Gasteiger partial charge on any atom is -0.408 e. The molecule has 6 nitrogen and oxygen atoms in total. The van der Waals surface area contributed by atoms with E-state index in [1.165, 1.54) is 0 Å². The molecule has 0 unspecified atom stereocenters. The molecule has 2 fully saturated rings. The van der Waals surface area contributed by atoms with Crippen molar-refractivity contribution < 1.29 is 13.6 Å². The molecule has 1 aromatic heterocycles. The molecule has 21 heavy (non-hydrogen) atoms. The van der Waals surface area contributed by atoms with Gasteiger partial charge in [-0.25, -0.2) is 4.39 Å². The monoisotopic (exact) mass is 296 g/mol. The van der Waals surface area contributed by atoms with Gasteiger partial charge in [0.2, 0.25) is 5.89 Å². The normalized spacial score (nSPS) is 24.5. The summed E-state index contributed by atoms with van der Waals surface area (Å²) in [4.78, 5) is 14.2. The predicted molar refractivity (Wildman–Crippen MR) is 74.6 cm³/mol. The molecule has 1 saturated heterocycles. The van der Waals surface area contributed by atoms with Crippen molar-refractivity contribution in [1.29, 1.82) is 0 Å². The lowest BCUT2D eigenvalue weighted by Gasteiger charge is -2.30. The molecule has 7 heteroatoms. The van der Waals surface area contributed by atoms with E-state index in [9.17, 15) is 9.18 Å². The summed E-state index contributed by atoms with van der Waals surface area (Å²) in [6.45, 7) is 2.87. The first-order valence-electron chi connectivity index (χ1n) is 7.62. The number of hydrogen-bond acceptors (Lipinski definition) is 5. The number of carbonyl (C=O) groups is 1. The van der Waals surface area contributed by atoms with Crippen LogP contribution in [0.1, 0.15) is 44.4 Å². The number of anilines is 1. The van der Waals surface area contributed by atoms with Crippen LogP contribution in [-0.2, 0) is 4.79 Å². The van der Waals surface area contributed by atoms with E-state index in [-0.39, 0.29) is 11.9 Å². The molecule has 1 aromatic rings. The van der Waals surface area contributed by atoms with Crippen LogP contribution in [0, 0.1) is 6.92 Å². The highest BCUT2D eigenvalue weighted by atomic mass is 19.1. The first-order valence-corrected chi connectivity index (χ1v) is 7.62. The first-order chi connectivity index (χ1) is 10.1. The van der Waals surface area contributed by atoms with E-state index >= 15 is 0 Å². The van der Waals surface area contributed by atoms with Gasteiger partial charge in [0.25, 0.3) is 5.91 Å². The summed E-state index contributed by atoms with van der Waals surface area (Å²) in [7, 11) is 0. The van der Waals surface area contributed by atoms with Crippen molar-refractivity contribution in [2.45, 2.75) is 57.2 Å². The van der Waals surface area contributed by atoms with Gasteiger partial charge in [0.1, 0.15) is 0 Å². The Bertz CT molecular complexity index is 513. The number of aryl methyl sites for hydroxylation is 1. The SMILES string of the molecule is Cc1nnc(NC[C@H]2CCCN2C(=O)C2(F)CCCC2)o1. The highest BCUT2D eigenvalue weighted by Crippen LogP contribution is 2.36. The summed E-state index contributed by atoms with van der Waals surface area (Å²) < 4.78 is 19.9. The third-order valence-electron chi connectivity index (χ3n) is 4.43. The van der Waals surface area contributed by atoms with Crippen LogP contribution in [0.25, 0.3) is 0 Å². The van der Waals surface area contributed by atoms with Gasteiger partial charge >= 0.3 is 6.01 Å². The molecule has 0 spiro atoms. The summed E-state index contributed by atoms with van der Waals surface area (Å²) in [5.41, 5.74) is -1.64. The van der Waals surface area contributed by atoms with E-state index in [4.69, 9.17) is 4.42 Å². The van der Waals surface area contributed by atoms with E-state index in [0.717, 1.165) is 25.7 Å². The molecule has 2 heterocycles. The molecule has 1 N–H and O–H groups in total. The van der Waals surface area contributed by atoms with Crippen LogP contribution in [0.3, 0.4) is 0 Å². The third kappa shape index (κ3) is 2.87. The number of carbonyl (C=O) groups excluding carboxylic acids is 1. The van der Waals surface area contributed by atoms with Crippen molar-refractivity contribution in [1.82, 2.24) is 15.1 Å². The fraction of sp³-hybridized carbons (Fsp3) is 0.786. The number of halogens is 1. The summed E-state index contributed by atoms with van der Waals surface area (Å²) in [6.07, 6.45) is 4.14. The van der Waals surface area contributed by atoms with E-state index in [1.54, 1.807) is 11.8 Å². The average molecular weight is 296 g/mol.